The highest BCUT2D eigenvalue weighted by Crippen LogP contribution is 2.23. The lowest BCUT2D eigenvalue weighted by Gasteiger charge is -2.30. The van der Waals surface area contributed by atoms with Gasteiger partial charge in [-0.3, -0.25) is 0 Å². The second kappa shape index (κ2) is 8.50. The Hall–Kier alpha value is -2.77. The van der Waals surface area contributed by atoms with Crippen molar-refractivity contribution in [3.8, 4) is 11.4 Å². The van der Waals surface area contributed by atoms with E-state index in [2.05, 4.69) is 25.6 Å². The van der Waals surface area contributed by atoms with Crippen LogP contribution in [-0.4, -0.2) is 38.7 Å². The summed E-state index contributed by atoms with van der Waals surface area (Å²) in [5, 5.41) is 6.34. The molecule has 3 rings (SSSR count). The van der Waals surface area contributed by atoms with Crippen LogP contribution in [0, 0.1) is 5.95 Å². The fourth-order valence-electron chi connectivity index (χ4n) is 3.19. The number of rotatable bonds is 4. The minimum atomic E-state index is -0.540. The van der Waals surface area contributed by atoms with Gasteiger partial charge in [0.1, 0.15) is 17.7 Å². The molecule has 2 N–H and O–H groups in total. The normalized spacial score (nSPS) is 19.7. The number of carbonyl (C=O) groups excluding carboxylic acids is 1. The summed E-state index contributed by atoms with van der Waals surface area (Å²) in [7, 11) is 0. The van der Waals surface area contributed by atoms with Gasteiger partial charge in [-0.15, -0.1) is 0 Å². The van der Waals surface area contributed by atoms with E-state index >= 15 is 0 Å². The smallest absolute Gasteiger partial charge is 0.407 e. The van der Waals surface area contributed by atoms with E-state index in [0.717, 1.165) is 25.7 Å². The lowest BCUT2D eigenvalue weighted by molar-refractivity contribution is 0.0492. The van der Waals surface area contributed by atoms with Crippen LogP contribution >= 0.6 is 0 Å². The number of anilines is 1. The molecule has 0 spiro atoms. The largest absolute Gasteiger partial charge is 0.444 e. The number of amides is 1. The number of aromatic nitrogens is 3. The number of alkyl carbamates (subject to hydrolysis) is 1. The molecule has 0 saturated heterocycles. The first kappa shape index (κ1) is 20.0. The second-order valence-electron chi connectivity index (χ2n) is 7.97. The maximum atomic E-state index is 13.3. The van der Waals surface area contributed by atoms with Crippen LogP contribution < -0.4 is 10.6 Å². The molecule has 8 heteroatoms. The predicted molar refractivity (Wildman–Crippen MR) is 104 cm³/mol. The van der Waals surface area contributed by atoms with Crippen molar-refractivity contribution in [3.63, 3.8) is 0 Å². The molecule has 2 heterocycles. The van der Waals surface area contributed by atoms with E-state index in [1.807, 2.05) is 20.8 Å². The van der Waals surface area contributed by atoms with E-state index in [1.165, 1.54) is 12.4 Å². The Morgan fingerprint density at radius 1 is 1.11 bits per heavy atom. The zero-order valence-corrected chi connectivity index (χ0v) is 16.4. The van der Waals surface area contributed by atoms with E-state index < -0.39 is 11.5 Å². The molecule has 2 aromatic heterocycles. The van der Waals surface area contributed by atoms with Crippen molar-refractivity contribution in [2.75, 3.05) is 5.32 Å². The number of carbonyl (C=O) groups is 1. The third-order valence-corrected chi connectivity index (χ3v) is 4.44. The molecule has 0 radical (unpaired) electrons. The monoisotopic (exact) mass is 387 g/mol. The van der Waals surface area contributed by atoms with Gasteiger partial charge in [-0.1, -0.05) is 6.07 Å². The van der Waals surface area contributed by atoms with Crippen LogP contribution in [0.4, 0.5) is 15.0 Å². The average molecular weight is 387 g/mol. The third kappa shape index (κ3) is 5.87. The minimum absolute atomic E-state index is 0.116. The molecule has 7 nitrogen and oxygen atoms in total. The zero-order valence-electron chi connectivity index (χ0n) is 16.4. The van der Waals surface area contributed by atoms with Crippen molar-refractivity contribution in [2.24, 2.45) is 0 Å². The van der Waals surface area contributed by atoms with Crippen LogP contribution in [0.2, 0.25) is 0 Å². The van der Waals surface area contributed by atoms with Gasteiger partial charge >= 0.3 is 6.09 Å². The van der Waals surface area contributed by atoms with Gasteiger partial charge in [-0.05, 0) is 58.6 Å². The van der Waals surface area contributed by atoms with Gasteiger partial charge < -0.3 is 15.4 Å². The third-order valence-electron chi connectivity index (χ3n) is 4.44. The Morgan fingerprint density at radius 2 is 1.82 bits per heavy atom. The lowest BCUT2D eigenvalue weighted by atomic mass is 9.91. The van der Waals surface area contributed by atoms with E-state index in [4.69, 9.17) is 4.74 Å². The second-order valence-corrected chi connectivity index (χ2v) is 7.97. The maximum Gasteiger partial charge on any atom is 0.407 e. The molecule has 0 aliphatic heterocycles. The molecule has 0 aromatic carbocycles. The van der Waals surface area contributed by atoms with Gasteiger partial charge in [0.2, 0.25) is 5.95 Å². The molecule has 150 valence electrons. The summed E-state index contributed by atoms with van der Waals surface area (Å²) in [6.07, 6.45) is 4.60. The summed E-state index contributed by atoms with van der Waals surface area (Å²) in [6.45, 7) is 5.55. The summed E-state index contributed by atoms with van der Waals surface area (Å²) in [5.74, 6) is 0.140. The van der Waals surface area contributed by atoms with Gasteiger partial charge in [-0.25, -0.2) is 19.7 Å². The summed E-state index contributed by atoms with van der Waals surface area (Å²) >= 11 is 0. The van der Waals surface area contributed by atoms with E-state index in [0.29, 0.717) is 17.2 Å². The van der Waals surface area contributed by atoms with Gasteiger partial charge in [0.05, 0.1) is 11.4 Å². The van der Waals surface area contributed by atoms with Crippen LogP contribution in [0.25, 0.3) is 11.4 Å². The molecular weight excluding hydrogens is 361 g/mol. The van der Waals surface area contributed by atoms with Crippen LogP contribution in [0.15, 0.2) is 30.6 Å². The minimum Gasteiger partial charge on any atom is -0.444 e. The molecule has 1 fully saturated rings. The first-order chi connectivity index (χ1) is 13.3. The zero-order chi connectivity index (χ0) is 20.1. The summed E-state index contributed by atoms with van der Waals surface area (Å²) in [5.41, 5.74) is 0.539. The fraction of sp³-hybridized carbons (Fsp3) is 0.500. The number of halogens is 1. The van der Waals surface area contributed by atoms with E-state index in [9.17, 15) is 9.18 Å². The molecule has 0 bridgehead atoms. The Balaban J connectivity index is 1.52. The summed E-state index contributed by atoms with van der Waals surface area (Å²) in [4.78, 5) is 24.2. The van der Waals surface area contributed by atoms with Gasteiger partial charge in [0.25, 0.3) is 0 Å². The molecular formula is C20H26FN5O2. The molecule has 28 heavy (non-hydrogen) atoms. The van der Waals surface area contributed by atoms with Crippen molar-refractivity contribution >= 4 is 11.9 Å². The lowest BCUT2D eigenvalue weighted by Crippen LogP contribution is -2.42. The van der Waals surface area contributed by atoms with Crippen LogP contribution in [0.3, 0.4) is 0 Å². The quantitative estimate of drug-likeness (QED) is 0.773. The maximum absolute atomic E-state index is 13.3. The first-order valence-electron chi connectivity index (χ1n) is 9.49. The van der Waals surface area contributed by atoms with Crippen LogP contribution in [0.5, 0.6) is 0 Å². The van der Waals surface area contributed by atoms with Gasteiger partial charge in [0.15, 0.2) is 0 Å². The number of hydrogen-bond donors (Lipinski definition) is 2. The topological polar surface area (TPSA) is 89.0 Å². The van der Waals surface area contributed by atoms with Crippen molar-refractivity contribution in [3.05, 3.63) is 36.5 Å². The molecule has 0 atom stereocenters. The van der Waals surface area contributed by atoms with Crippen molar-refractivity contribution in [1.82, 2.24) is 20.3 Å². The Labute approximate surface area is 164 Å². The predicted octanol–water partition coefficient (Wildman–Crippen LogP) is 3.93. The van der Waals surface area contributed by atoms with Crippen molar-refractivity contribution < 1.29 is 13.9 Å². The summed E-state index contributed by atoms with van der Waals surface area (Å²) < 4.78 is 18.6. The SMILES string of the molecule is CC(C)(C)OC(=O)NC1CCC(Nc2cc(-c3cccc(F)n3)ncn2)CC1. The van der Waals surface area contributed by atoms with Crippen molar-refractivity contribution in [2.45, 2.75) is 64.1 Å². The first-order valence-corrected chi connectivity index (χ1v) is 9.49. The molecule has 1 saturated carbocycles. The van der Waals surface area contributed by atoms with Crippen molar-refractivity contribution in [1.29, 1.82) is 0 Å². The van der Waals surface area contributed by atoms with E-state index in [1.54, 1.807) is 18.2 Å². The molecule has 2 aromatic rings. The molecule has 0 unspecified atom stereocenters. The summed E-state index contributed by atoms with van der Waals surface area (Å²) in [6, 6.07) is 6.75. The highest BCUT2D eigenvalue weighted by atomic mass is 19.1. The number of ether oxygens (including phenoxy) is 1. The number of nitrogens with zero attached hydrogens (tertiary/aromatic N) is 3. The van der Waals surface area contributed by atoms with Gasteiger partial charge in [-0.2, -0.15) is 4.39 Å². The van der Waals surface area contributed by atoms with Crippen LogP contribution in [0.1, 0.15) is 46.5 Å². The van der Waals surface area contributed by atoms with E-state index in [-0.39, 0.29) is 18.2 Å². The number of hydrogen-bond acceptors (Lipinski definition) is 6. The molecule has 1 aliphatic rings. The molecule has 1 amide bonds. The average Bonchev–Trinajstić information content (AvgIpc) is 2.62. The van der Waals surface area contributed by atoms with Crippen LogP contribution in [-0.2, 0) is 4.74 Å². The Bertz CT molecular complexity index is 816. The highest BCUT2D eigenvalue weighted by molar-refractivity contribution is 5.68. The number of nitrogens with one attached hydrogen (secondary N) is 2. The molecule has 1 aliphatic carbocycles. The fourth-order valence-corrected chi connectivity index (χ4v) is 3.19. The standard InChI is InChI=1S/C20H26FN5O2/c1-20(2,3)28-19(27)25-14-9-7-13(8-10-14)24-18-11-16(22-12-23-18)15-5-4-6-17(21)26-15/h4-6,11-14H,7-10H2,1-3H3,(H,25,27)(H,22,23,24). The highest BCUT2D eigenvalue weighted by Gasteiger charge is 2.25. The van der Waals surface area contributed by atoms with Gasteiger partial charge in [0, 0.05) is 18.2 Å². The Morgan fingerprint density at radius 3 is 2.50 bits per heavy atom. The Kier molecular flexibility index (Phi) is 6.06. The number of pyridine rings is 1.